The molecule has 0 radical (unpaired) electrons. The van der Waals surface area contributed by atoms with Crippen LogP contribution >= 0.6 is 11.6 Å². The molecular formula is C13H19ClFN3. The van der Waals surface area contributed by atoms with Gasteiger partial charge in [0.05, 0.1) is 17.1 Å². The van der Waals surface area contributed by atoms with Gasteiger partial charge in [-0.2, -0.15) is 0 Å². The number of nitrogen functional groups attached to an aromatic ring is 2. The molecular weight excluding hydrogens is 253 g/mol. The maximum atomic E-state index is 14.2. The van der Waals surface area contributed by atoms with Gasteiger partial charge in [0.2, 0.25) is 0 Å². The molecule has 100 valence electrons. The highest BCUT2D eigenvalue weighted by Crippen LogP contribution is 2.39. The first kappa shape index (κ1) is 13.3. The van der Waals surface area contributed by atoms with Crippen molar-refractivity contribution in [3.05, 3.63) is 16.9 Å². The van der Waals surface area contributed by atoms with Crippen LogP contribution in [0.25, 0.3) is 0 Å². The summed E-state index contributed by atoms with van der Waals surface area (Å²) in [6.07, 6.45) is 1.05. The van der Waals surface area contributed by atoms with Crippen LogP contribution in [-0.2, 0) is 0 Å². The average Bonchev–Trinajstić information content (AvgIpc) is 2.75. The molecule has 2 rings (SSSR count). The zero-order valence-corrected chi connectivity index (χ0v) is 11.5. The Hall–Kier alpha value is -1.16. The van der Waals surface area contributed by atoms with Gasteiger partial charge in [-0.15, -0.1) is 0 Å². The number of nitrogens with two attached hydrogens (primary N) is 2. The molecule has 1 aliphatic rings. The van der Waals surface area contributed by atoms with E-state index < -0.39 is 5.82 Å². The minimum Gasteiger partial charge on any atom is -0.397 e. The molecule has 18 heavy (non-hydrogen) atoms. The van der Waals surface area contributed by atoms with E-state index in [2.05, 4.69) is 13.8 Å². The van der Waals surface area contributed by atoms with E-state index in [0.717, 1.165) is 19.5 Å². The summed E-state index contributed by atoms with van der Waals surface area (Å²) < 4.78 is 14.2. The third-order valence-corrected chi connectivity index (χ3v) is 4.11. The monoisotopic (exact) mass is 271 g/mol. The molecule has 1 unspecified atom stereocenters. The zero-order valence-electron chi connectivity index (χ0n) is 10.7. The lowest BCUT2D eigenvalue weighted by Crippen LogP contribution is -2.23. The molecule has 5 heteroatoms. The Morgan fingerprint density at radius 3 is 2.61 bits per heavy atom. The van der Waals surface area contributed by atoms with Crippen LogP contribution in [0.5, 0.6) is 0 Å². The van der Waals surface area contributed by atoms with E-state index in [0.29, 0.717) is 23.2 Å². The topological polar surface area (TPSA) is 55.3 Å². The molecule has 0 aliphatic carbocycles. The molecule has 1 saturated heterocycles. The highest BCUT2D eigenvalue weighted by molar-refractivity contribution is 6.33. The van der Waals surface area contributed by atoms with Crippen molar-refractivity contribution in [1.29, 1.82) is 0 Å². The van der Waals surface area contributed by atoms with Crippen LogP contribution < -0.4 is 16.4 Å². The summed E-state index contributed by atoms with van der Waals surface area (Å²) >= 11 is 5.85. The third kappa shape index (κ3) is 2.21. The first-order valence-electron chi connectivity index (χ1n) is 6.19. The van der Waals surface area contributed by atoms with Crippen LogP contribution in [0.3, 0.4) is 0 Å². The fourth-order valence-corrected chi connectivity index (χ4v) is 2.66. The Labute approximate surface area is 112 Å². The maximum absolute atomic E-state index is 14.2. The van der Waals surface area contributed by atoms with Gasteiger partial charge in [0.15, 0.2) is 5.82 Å². The predicted octanol–water partition coefficient (Wildman–Crippen LogP) is 3.13. The number of nitrogens with zero attached hydrogens (tertiary/aromatic N) is 1. The summed E-state index contributed by atoms with van der Waals surface area (Å²) in [5.41, 5.74) is 12.4. The Bertz CT molecular complexity index is 462. The maximum Gasteiger partial charge on any atom is 0.169 e. The lowest BCUT2D eigenvalue weighted by Gasteiger charge is -2.23. The zero-order chi connectivity index (χ0) is 13.4. The molecule has 0 saturated carbocycles. The van der Waals surface area contributed by atoms with E-state index in [4.69, 9.17) is 23.1 Å². The summed E-state index contributed by atoms with van der Waals surface area (Å²) in [5, 5.41) is -0.0350. The van der Waals surface area contributed by atoms with E-state index in [-0.39, 0.29) is 10.7 Å². The van der Waals surface area contributed by atoms with Gasteiger partial charge < -0.3 is 16.4 Å². The number of halogens is 2. The molecule has 0 amide bonds. The van der Waals surface area contributed by atoms with Gasteiger partial charge in [-0.3, -0.25) is 0 Å². The van der Waals surface area contributed by atoms with E-state index in [1.165, 1.54) is 6.07 Å². The number of benzene rings is 1. The summed E-state index contributed by atoms with van der Waals surface area (Å²) in [7, 11) is 0. The van der Waals surface area contributed by atoms with Gasteiger partial charge in [-0.05, 0) is 24.3 Å². The van der Waals surface area contributed by atoms with Gasteiger partial charge in [0, 0.05) is 13.1 Å². The van der Waals surface area contributed by atoms with Crippen LogP contribution in [0.1, 0.15) is 20.3 Å². The predicted molar refractivity (Wildman–Crippen MR) is 75.4 cm³/mol. The van der Waals surface area contributed by atoms with Gasteiger partial charge in [-0.1, -0.05) is 25.4 Å². The second kappa shape index (κ2) is 4.84. The van der Waals surface area contributed by atoms with Crippen LogP contribution in [0, 0.1) is 17.7 Å². The molecule has 1 heterocycles. The van der Waals surface area contributed by atoms with Crippen molar-refractivity contribution in [1.82, 2.24) is 0 Å². The SMILES string of the molecule is CC(C)C1CCN(c2c(N)cc(N)c(Cl)c2F)C1. The van der Waals surface area contributed by atoms with Gasteiger partial charge in [0.25, 0.3) is 0 Å². The summed E-state index contributed by atoms with van der Waals surface area (Å²) in [6, 6.07) is 1.53. The highest BCUT2D eigenvalue weighted by atomic mass is 35.5. The van der Waals surface area contributed by atoms with E-state index >= 15 is 0 Å². The van der Waals surface area contributed by atoms with Crippen molar-refractivity contribution < 1.29 is 4.39 Å². The third-order valence-electron chi connectivity index (χ3n) is 3.72. The van der Waals surface area contributed by atoms with Gasteiger partial charge in [0.1, 0.15) is 5.02 Å². The van der Waals surface area contributed by atoms with Crippen LogP contribution in [0.2, 0.25) is 5.02 Å². The smallest absolute Gasteiger partial charge is 0.169 e. The molecule has 0 bridgehead atoms. The molecule has 1 atom stereocenters. The Kier molecular flexibility index (Phi) is 3.57. The van der Waals surface area contributed by atoms with E-state index in [1.807, 2.05) is 4.90 Å². The van der Waals surface area contributed by atoms with Crippen LogP contribution in [0.4, 0.5) is 21.5 Å². The lowest BCUT2D eigenvalue weighted by molar-refractivity contribution is 0.422. The van der Waals surface area contributed by atoms with Crippen molar-refractivity contribution in [2.45, 2.75) is 20.3 Å². The second-order valence-electron chi connectivity index (χ2n) is 5.27. The first-order chi connectivity index (χ1) is 8.41. The van der Waals surface area contributed by atoms with E-state index in [9.17, 15) is 4.39 Å². The molecule has 0 spiro atoms. The molecule has 3 nitrogen and oxygen atoms in total. The van der Waals surface area contributed by atoms with Crippen molar-refractivity contribution in [3.63, 3.8) is 0 Å². The minimum atomic E-state index is -0.501. The Morgan fingerprint density at radius 2 is 2.06 bits per heavy atom. The number of rotatable bonds is 2. The molecule has 1 fully saturated rings. The molecule has 4 N–H and O–H groups in total. The number of hydrogen-bond acceptors (Lipinski definition) is 3. The number of hydrogen-bond donors (Lipinski definition) is 2. The standard InChI is InChI=1S/C13H19ClFN3/c1-7(2)8-3-4-18(6-8)13-10(17)5-9(16)11(14)12(13)15/h5,7-8H,3-4,6,16-17H2,1-2H3. The van der Waals surface area contributed by atoms with Crippen molar-refractivity contribution in [2.75, 3.05) is 29.5 Å². The highest BCUT2D eigenvalue weighted by Gasteiger charge is 2.29. The van der Waals surface area contributed by atoms with Crippen LogP contribution in [-0.4, -0.2) is 13.1 Å². The second-order valence-corrected chi connectivity index (χ2v) is 5.65. The normalized spacial score (nSPS) is 19.8. The number of anilines is 3. The van der Waals surface area contributed by atoms with Crippen molar-refractivity contribution in [2.24, 2.45) is 11.8 Å². The van der Waals surface area contributed by atoms with Crippen molar-refractivity contribution in [3.8, 4) is 0 Å². The fourth-order valence-electron chi connectivity index (χ4n) is 2.51. The largest absolute Gasteiger partial charge is 0.397 e. The molecule has 0 aromatic heterocycles. The molecule has 1 aliphatic heterocycles. The van der Waals surface area contributed by atoms with E-state index in [1.54, 1.807) is 0 Å². The molecule has 1 aromatic carbocycles. The van der Waals surface area contributed by atoms with Crippen molar-refractivity contribution >= 4 is 28.7 Å². The Morgan fingerprint density at radius 1 is 1.39 bits per heavy atom. The minimum absolute atomic E-state index is 0.0350. The Balaban J connectivity index is 2.33. The fraction of sp³-hybridized carbons (Fsp3) is 0.538. The summed E-state index contributed by atoms with van der Waals surface area (Å²) in [5.74, 6) is 0.655. The van der Waals surface area contributed by atoms with Gasteiger partial charge in [-0.25, -0.2) is 4.39 Å². The quantitative estimate of drug-likeness (QED) is 0.813. The van der Waals surface area contributed by atoms with Crippen LogP contribution in [0.15, 0.2) is 6.07 Å². The average molecular weight is 272 g/mol. The first-order valence-corrected chi connectivity index (χ1v) is 6.57. The lowest BCUT2D eigenvalue weighted by atomic mass is 9.95. The summed E-state index contributed by atoms with van der Waals surface area (Å²) in [4.78, 5) is 1.97. The van der Waals surface area contributed by atoms with Gasteiger partial charge >= 0.3 is 0 Å². The molecule has 1 aromatic rings. The summed E-state index contributed by atoms with van der Waals surface area (Å²) in [6.45, 7) is 6.00.